The molecule has 8 atom stereocenters. The zero-order chi connectivity index (χ0) is 31.6. The largest absolute Gasteiger partial charge is 0.455 e. The van der Waals surface area contributed by atoms with Crippen LogP contribution in [0.2, 0.25) is 0 Å². The van der Waals surface area contributed by atoms with Crippen molar-refractivity contribution in [2.75, 3.05) is 0 Å². The summed E-state index contributed by atoms with van der Waals surface area (Å²) < 4.78 is 17.8. The molecule has 7 nitrogen and oxygen atoms in total. The Morgan fingerprint density at radius 2 is 1.32 bits per heavy atom. The van der Waals surface area contributed by atoms with Gasteiger partial charge >= 0.3 is 5.97 Å². The highest BCUT2D eigenvalue weighted by molar-refractivity contribution is 5.90. The molecule has 0 unspecified atom stereocenters. The van der Waals surface area contributed by atoms with Crippen LogP contribution in [0.1, 0.15) is 168 Å². The summed E-state index contributed by atoms with van der Waals surface area (Å²) in [6.45, 7) is 4.10. The molecular weight excluding hydrogens is 556 g/mol. The number of hydrogen-bond acceptors (Lipinski definition) is 7. The first-order valence-electron chi connectivity index (χ1n) is 18.6. The number of carbonyl (C=O) groups excluding carboxylic acids is 1. The Morgan fingerprint density at radius 3 is 1.95 bits per heavy atom. The van der Waals surface area contributed by atoms with E-state index in [0.717, 1.165) is 77.0 Å². The minimum Gasteiger partial charge on any atom is -0.455 e. The van der Waals surface area contributed by atoms with Gasteiger partial charge in [0.15, 0.2) is 0 Å². The van der Waals surface area contributed by atoms with E-state index in [9.17, 15) is 20.1 Å². The van der Waals surface area contributed by atoms with Gasteiger partial charge in [0, 0.05) is 12.0 Å². The summed E-state index contributed by atoms with van der Waals surface area (Å²) in [5.41, 5.74) is 0.617. The Labute approximate surface area is 268 Å². The topological polar surface area (TPSA) is 105 Å². The van der Waals surface area contributed by atoms with Crippen molar-refractivity contribution in [3.63, 3.8) is 0 Å². The highest BCUT2D eigenvalue weighted by Crippen LogP contribution is 2.34. The van der Waals surface area contributed by atoms with Crippen LogP contribution >= 0.6 is 0 Å². The van der Waals surface area contributed by atoms with Crippen molar-refractivity contribution in [3.8, 4) is 0 Å². The molecule has 7 heteroatoms. The van der Waals surface area contributed by atoms with E-state index < -0.39 is 12.2 Å². The summed E-state index contributed by atoms with van der Waals surface area (Å²) in [5.74, 6) is -0.280. The van der Waals surface area contributed by atoms with E-state index in [1.165, 1.54) is 70.6 Å². The van der Waals surface area contributed by atoms with Gasteiger partial charge in [-0.25, -0.2) is 4.79 Å². The van der Waals surface area contributed by atoms with Crippen molar-refractivity contribution in [3.05, 3.63) is 11.6 Å². The molecule has 3 N–H and O–H groups in total. The lowest BCUT2D eigenvalue weighted by Gasteiger charge is -2.37. The van der Waals surface area contributed by atoms with Crippen molar-refractivity contribution in [2.24, 2.45) is 0 Å². The van der Waals surface area contributed by atoms with Crippen LogP contribution in [0.5, 0.6) is 0 Å². The molecule has 0 aromatic carbocycles. The molecule has 0 saturated carbocycles. The standard InChI is InChI=1S/C37H66O7/c1-3-4-5-6-7-12-15-18-21-33-32(40)22-23-35(43-33)36-25-24-34(44-36)31(39)20-17-14-11-9-8-10-13-16-19-30(38)27-29-26-28(2)42-37(29)41/h26,28,30-36,38-40H,3-25,27H2,1-2H3/t28-,30+,31+,32+,33-,34+,35-,36+/m0/s1. The molecule has 0 aromatic rings. The number of rotatable bonds is 24. The van der Waals surface area contributed by atoms with E-state index in [1.54, 1.807) is 0 Å². The zero-order valence-electron chi connectivity index (χ0n) is 28.1. The first-order chi connectivity index (χ1) is 21.4. The highest BCUT2D eigenvalue weighted by atomic mass is 16.6. The van der Waals surface area contributed by atoms with Gasteiger partial charge in [-0.2, -0.15) is 0 Å². The lowest BCUT2D eigenvalue weighted by atomic mass is 9.93. The Morgan fingerprint density at radius 1 is 0.750 bits per heavy atom. The van der Waals surface area contributed by atoms with E-state index in [4.69, 9.17) is 14.2 Å². The molecule has 0 radical (unpaired) electrons. The van der Waals surface area contributed by atoms with Crippen molar-refractivity contribution in [1.29, 1.82) is 0 Å². The molecule has 0 aromatic heterocycles. The van der Waals surface area contributed by atoms with Crippen molar-refractivity contribution < 1.29 is 34.3 Å². The van der Waals surface area contributed by atoms with E-state index in [-0.39, 0.29) is 42.6 Å². The maximum absolute atomic E-state index is 11.7. The smallest absolute Gasteiger partial charge is 0.334 e. The molecule has 44 heavy (non-hydrogen) atoms. The normalized spacial score (nSPS) is 28.7. The van der Waals surface area contributed by atoms with Gasteiger partial charge in [-0.05, 0) is 57.9 Å². The molecular formula is C37H66O7. The number of aliphatic hydroxyl groups excluding tert-OH is 3. The van der Waals surface area contributed by atoms with Crippen LogP contribution in [0.3, 0.4) is 0 Å². The number of unbranched alkanes of at least 4 members (excludes halogenated alkanes) is 14. The van der Waals surface area contributed by atoms with Crippen LogP contribution in [0.25, 0.3) is 0 Å². The summed E-state index contributed by atoms with van der Waals surface area (Å²) in [5, 5.41) is 31.5. The van der Waals surface area contributed by atoms with E-state index in [2.05, 4.69) is 6.92 Å². The summed E-state index contributed by atoms with van der Waals surface area (Å²) in [6.07, 6.45) is 26.0. The van der Waals surface area contributed by atoms with Crippen molar-refractivity contribution in [1.82, 2.24) is 0 Å². The maximum Gasteiger partial charge on any atom is 0.334 e. The van der Waals surface area contributed by atoms with E-state index in [0.29, 0.717) is 12.0 Å². The molecule has 2 fully saturated rings. The van der Waals surface area contributed by atoms with Crippen LogP contribution < -0.4 is 0 Å². The number of esters is 1. The molecule has 256 valence electrons. The molecule has 0 aliphatic carbocycles. The molecule has 3 heterocycles. The van der Waals surface area contributed by atoms with Crippen LogP contribution in [0.4, 0.5) is 0 Å². The maximum atomic E-state index is 11.7. The number of aliphatic hydroxyl groups is 3. The Balaban J connectivity index is 1.16. The Bertz CT molecular complexity index is 801. The second-order valence-electron chi connectivity index (χ2n) is 14.0. The first-order valence-corrected chi connectivity index (χ1v) is 18.6. The molecule has 0 amide bonds. The number of carbonyl (C=O) groups is 1. The van der Waals surface area contributed by atoms with Crippen molar-refractivity contribution >= 4 is 5.97 Å². The second-order valence-corrected chi connectivity index (χ2v) is 14.0. The third-order valence-electron chi connectivity index (χ3n) is 10.0. The zero-order valence-corrected chi connectivity index (χ0v) is 28.1. The van der Waals surface area contributed by atoms with Gasteiger partial charge in [-0.15, -0.1) is 0 Å². The van der Waals surface area contributed by atoms with Crippen LogP contribution in [0.15, 0.2) is 11.6 Å². The van der Waals surface area contributed by atoms with Crippen LogP contribution in [-0.4, -0.2) is 70.1 Å². The quantitative estimate of drug-likeness (QED) is 0.0743. The van der Waals surface area contributed by atoms with Crippen LogP contribution in [0, 0.1) is 0 Å². The molecule has 3 rings (SSSR count). The van der Waals surface area contributed by atoms with Gasteiger partial charge in [0.05, 0.1) is 42.7 Å². The van der Waals surface area contributed by atoms with Crippen molar-refractivity contribution in [2.45, 2.75) is 217 Å². The third-order valence-corrected chi connectivity index (χ3v) is 10.0. The third kappa shape index (κ3) is 14.2. The van der Waals surface area contributed by atoms with Gasteiger partial charge in [0.2, 0.25) is 0 Å². The Hall–Kier alpha value is -0.990. The SMILES string of the molecule is CCCCCCCCCC[C@@H]1O[C@H]([C@H]2CC[C@H]([C@H](O)CCCCCCCCCC[C@@H](O)CC3=C[C@H](C)OC3=O)O2)CC[C@H]1O. The summed E-state index contributed by atoms with van der Waals surface area (Å²) >= 11 is 0. The average molecular weight is 623 g/mol. The van der Waals surface area contributed by atoms with Crippen LogP contribution in [-0.2, 0) is 19.0 Å². The van der Waals surface area contributed by atoms with Gasteiger partial charge < -0.3 is 29.5 Å². The molecule has 2 saturated heterocycles. The molecule has 0 bridgehead atoms. The van der Waals surface area contributed by atoms with Gasteiger partial charge in [-0.3, -0.25) is 0 Å². The fraction of sp³-hybridized carbons (Fsp3) is 0.919. The predicted molar refractivity (Wildman–Crippen MR) is 175 cm³/mol. The summed E-state index contributed by atoms with van der Waals surface area (Å²) in [4.78, 5) is 11.7. The van der Waals surface area contributed by atoms with Gasteiger partial charge in [0.1, 0.15) is 6.10 Å². The average Bonchev–Trinajstić information content (AvgIpc) is 3.62. The molecule has 3 aliphatic rings. The van der Waals surface area contributed by atoms with E-state index in [1.807, 2.05) is 13.0 Å². The minimum absolute atomic E-state index is 0.0457. The fourth-order valence-electron chi connectivity index (χ4n) is 7.28. The number of cyclic esters (lactones) is 1. The Kier molecular flexibility index (Phi) is 18.5. The number of hydrogen-bond donors (Lipinski definition) is 3. The second kappa shape index (κ2) is 21.7. The molecule has 0 spiro atoms. The van der Waals surface area contributed by atoms with E-state index >= 15 is 0 Å². The fourth-order valence-corrected chi connectivity index (χ4v) is 7.28. The summed E-state index contributed by atoms with van der Waals surface area (Å²) in [7, 11) is 0. The lowest BCUT2D eigenvalue weighted by Crippen LogP contribution is -2.44. The predicted octanol–water partition coefficient (Wildman–Crippen LogP) is 7.86. The highest BCUT2D eigenvalue weighted by Gasteiger charge is 2.39. The van der Waals surface area contributed by atoms with Gasteiger partial charge in [0.25, 0.3) is 0 Å². The molecule has 3 aliphatic heterocycles. The number of ether oxygens (including phenoxy) is 3. The lowest BCUT2D eigenvalue weighted by molar-refractivity contribution is -0.168. The first kappa shape index (κ1) is 37.5. The minimum atomic E-state index is -0.464. The van der Waals surface area contributed by atoms with Gasteiger partial charge in [-0.1, -0.05) is 110 Å². The summed E-state index contributed by atoms with van der Waals surface area (Å²) in [6, 6.07) is 0. The monoisotopic (exact) mass is 622 g/mol.